The zero-order chi connectivity index (χ0) is 12.7. The van der Waals surface area contributed by atoms with Crippen molar-refractivity contribution in [2.24, 2.45) is 0 Å². The lowest BCUT2D eigenvalue weighted by Gasteiger charge is -2.06. The van der Waals surface area contributed by atoms with E-state index in [4.69, 9.17) is 9.47 Å². The third-order valence-electron chi connectivity index (χ3n) is 1.96. The molecule has 0 fully saturated rings. The van der Waals surface area contributed by atoms with Crippen LogP contribution >= 0.6 is 15.9 Å². The van der Waals surface area contributed by atoms with E-state index >= 15 is 0 Å². The summed E-state index contributed by atoms with van der Waals surface area (Å²) in [5.74, 6) is 0.339. The summed E-state index contributed by atoms with van der Waals surface area (Å²) in [6.07, 6.45) is 0. The Morgan fingerprint density at radius 3 is 2.35 bits per heavy atom. The molecule has 1 rings (SSSR count). The van der Waals surface area contributed by atoms with E-state index in [2.05, 4.69) is 15.9 Å². The molecular formula is C12H13BrO4. The topological polar surface area (TPSA) is 52.6 Å². The van der Waals surface area contributed by atoms with E-state index in [-0.39, 0.29) is 18.4 Å². The van der Waals surface area contributed by atoms with Crippen LogP contribution in [0.25, 0.3) is 0 Å². The van der Waals surface area contributed by atoms with Crippen molar-refractivity contribution in [2.75, 3.05) is 18.5 Å². The second kappa shape index (κ2) is 7.06. The molecule has 17 heavy (non-hydrogen) atoms. The molecule has 1 aromatic rings. The summed E-state index contributed by atoms with van der Waals surface area (Å²) in [6.45, 7) is 1.86. The molecule has 0 aliphatic carbocycles. The molecule has 0 aliphatic heterocycles. The number of hydrogen-bond donors (Lipinski definition) is 0. The number of Topliss-reactive ketones (excluding diaryl/α,β-unsaturated/α-hetero) is 1. The number of ketones is 1. The highest BCUT2D eigenvalue weighted by atomic mass is 79.9. The van der Waals surface area contributed by atoms with Crippen molar-refractivity contribution in [3.05, 3.63) is 29.8 Å². The SMILES string of the molecule is CC(=O)OCCOc1ccc(C(=O)CBr)cc1. The third-order valence-corrected chi connectivity index (χ3v) is 2.46. The minimum absolute atomic E-state index is 0.0245. The van der Waals surface area contributed by atoms with E-state index in [1.165, 1.54) is 6.92 Å². The standard InChI is InChI=1S/C12H13BrO4/c1-9(14)16-6-7-17-11-4-2-10(3-5-11)12(15)8-13/h2-5H,6-8H2,1H3. The Kier molecular flexibility index (Phi) is 5.69. The number of esters is 1. The number of hydrogen-bond acceptors (Lipinski definition) is 4. The van der Waals surface area contributed by atoms with Crippen LogP contribution in [0.15, 0.2) is 24.3 Å². The van der Waals surface area contributed by atoms with Crippen LogP contribution < -0.4 is 4.74 Å². The van der Waals surface area contributed by atoms with Crippen LogP contribution in [-0.4, -0.2) is 30.3 Å². The van der Waals surface area contributed by atoms with E-state index in [0.717, 1.165) is 0 Å². The fourth-order valence-electron chi connectivity index (χ4n) is 1.16. The Hall–Kier alpha value is -1.36. The summed E-state index contributed by atoms with van der Waals surface area (Å²) in [6, 6.07) is 6.82. The normalized spacial score (nSPS) is 9.76. The Balaban J connectivity index is 2.40. The summed E-state index contributed by atoms with van der Waals surface area (Å²) in [7, 11) is 0. The van der Waals surface area contributed by atoms with Gasteiger partial charge < -0.3 is 9.47 Å². The van der Waals surface area contributed by atoms with E-state index < -0.39 is 0 Å². The van der Waals surface area contributed by atoms with Crippen molar-refractivity contribution >= 4 is 27.7 Å². The molecule has 5 heteroatoms. The first-order valence-electron chi connectivity index (χ1n) is 5.09. The maximum absolute atomic E-state index is 11.3. The molecule has 0 radical (unpaired) electrons. The zero-order valence-corrected chi connectivity index (χ0v) is 11.0. The van der Waals surface area contributed by atoms with Crippen molar-refractivity contribution < 1.29 is 19.1 Å². The van der Waals surface area contributed by atoms with Gasteiger partial charge in [0.2, 0.25) is 0 Å². The first kappa shape index (κ1) is 13.7. The molecular weight excluding hydrogens is 288 g/mol. The second-order valence-electron chi connectivity index (χ2n) is 3.27. The molecule has 0 bridgehead atoms. The Labute approximate surface area is 108 Å². The van der Waals surface area contributed by atoms with Gasteiger partial charge in [-0.05, 0) is 24.3 Å². The molecule has 0 heterocycles. The van der Waals surface area contributed by atoms with Gasteiger partial charge in [0.25, 0.3) is 0 Å². The van der Waals surface area contributed by atoms with Gasteiger partial charge >= 0.3 is 5.97 Å². The van der Waals surface area contributed by atoms with Gasteiger partial charge in [-0.3, -0.25) is 9.59 Å². The molecule has 0 unspecified atom stereocenters. The number of rotatable bonds is 6. The molecule has 0 atom stereocenters. The monoisotopic (exact) mass is 300 g/mol. The highest BCUT2D eigenvalue weighted by Gasteiger charge is 2.03. The number of ether oxygens (including phenoxy) is 2. The predicted molar refractivity (Wildman–Crippen MR) is 66.7 cm³/mol. The van der Waals surface area contributed by atoms with E-state index in [9.17, 15) is 9.59 Å². The lowest BCUT2D eigenvalue weighted by atomic mass is 10.1. The van der Waals surface area contributed by atoms with E-state index in [0.29, 0.717) is 23.2 Å². The molecule has 0 aliphatic rings. The number of carbonyl (C=O) groups excluding carboxylic acids is 2. The molecule has 0 aromatic heterocycles. The zero-order valence-electron chi connectivity index (χ0n) is 9.44. The van der Waals surface area contributed by atoms with Gasteiger partial charge in [-0.1, -0.05) is 15.9 Å². The van der Waals surface area contributed by atoms with Crippen molar-refractivity contribution in [2.45, 2.75) is 6.92 Å². The lowest BCUT2D eigenvalue weighted by molar-refractivity contribution is -0.141. The number of halogens is 1. The fraction of sp³-hybridized carbons (Fsp3) is 0.333. The van der Waals surface area contributed by atoms with Crippen LogP contribution in [0.3, 0.4) is 0 Å². The van der Waals surface area contributed by atoms with Crippen LogP contribution in [0.1, 0.15) is 17.3 Å². The van der Waals surface area contributed by atoms with Gasteiger partial charge in [0.05, 0.1) is 5.33 Å². The molecule has 0 saturated carbocycles. The molecule has 0 amide bonds. The minimum atomic E-state index is -0.327. The van der Waals surface area contributed by atoms with Crippen molar-refractivity contribution in [3.8, 4) is 5.75 Å². The summed E-state index contributed by atoms with van der Waals surface area (Å²) in [5.41, 5.74) is 0.634. The lowest BCUT2D eigenvalue weighted by Crippen LogP contribution is -2.09. The minimum Gasteiger partial charge on any atom is -0.490 e. The van der Waals surface area contributed by atoms with Crippen molar-refractivity contribution in [1.82, 2.24) is 0 Å². The molecule has 0 spiro atoms. The average molecular weight is 301 g/mol. The Bertz CT molecular complexity index is 386. The quantitative estimate of drug-likeness (QED) is 0.350. The number of benzene rings is 1. The first-order chi connectivity index (χ1) is 8.13. The van der Waals surface area contributed by atoms with Gasteiger partial charge in [0, 0.05) is 12.5 Å². The number of alkyl halides is 1. The van der Waals surface area contributed by atoms with E-state index in [1.807, 2.05) is 0 Å². The van der Waals surface area contributed by atoms with Crippen LogP contribution in [-0.2, 0) is 9.53 Å². The van der Waals surface area contributed by atoms with Gasteiger partial charge in [-0.25, -0.2) is 0 Å². The van der Waals surface area contributed by atoms with Gasteiger partial charge in [0.1, 0.15) is 19.0 Å². The molecule has 1 aromatic carbocycles. The summed E-state index contributed by atoms with van der Waals surface area (Å²) in [5, 5.41) is 0.305. The maximum Gasteiger partial charge on any atom is 0.302 e. The molecule has 0 N–H and O–H groups in total. The van der Waals surface area contributed by atoms with Crippen LogP contribution in [0, 0.1) is 0 Å². The third kappa shape index (κ3) is 4.99. The van der Waals surface area contributed by atoms with Crippen LogP contribution in [0.2, 0.25) is 0 Å². The molecule has 4 nitrogen and oxygen atoms in total. The maximum atomic E-state index is 11.3. The Morgan fingerprint density at radius 1 is 1.18 bits per heavy atom. The van der Waals surface area contributed by atoms with E-state index in [1.54, 1.807) is 24.3 Å². The highest BCUT2D eigenvalue weighted by Crippen LogP contribution is 2.13. The van der Waals surface area contributed by atoms with Crippen LogP contribution in [0.5, 0.6) is 5.75 Å². The summed E-state index contributed by atoms with van der Waals surface area (Å²) >= 11 is 3.11. The fourth-order valence-corrected chi connectivity index (χ4v) is 1.48. The summed E-state index contributed by atoms with van der Waals surface area (Å²) < 4.78 is 10.0. The first-order valence-corrected chi connectivity index (χ1v) is 6.21. The van der Waals surface area contributed by atoms with Gasteiger partial charge in [-0.15, -0.1) is 0 Å². The van der Waals surface area contributed by atoms with Crippen molar-refractivity contribution in [3.63, 3.8) is 0 Å². The smallest absolute Gasteiger partial charge is 0.302 e. The molecule has 0 saturated heterocycles. The average Bonchev–Trinajstić information content (AvgIpc) is 2.34. The highest BCUT2D eigenvalue weighted by molar-refractivity contribution is 9.09. The molecule has 92 valence electrons. The van der Waals surface area contributed by atoms with Gasteiger partial charge in [-0.2, -0.15) is 0 Å². The van der Waals surface area contributed by atoms with Crippen molar-refractivity contribution in [1.29, 1.82) is 0 Å². The summed E-state index contributed by atoms with van der Waals surface area (Å²) in [4.78, 5) is 21.8. The predicted octanol–water partition coefficient (Wildman–Crippen LogP) is 2.21. The second-order valence-corrected chi connectivity index (χ2v) is 3.83. The largest absolute Gasteiger partial charge is 0.490 e. The Morgan fingerprint density at radius 2 is 1.82 bits per heavy atom. The van der Waals surface area contributed by atoms with Crippen LogP contribution in [0.4, 0.5) is 0 Å². The van der Waals surface area contributed by atoms with Gasteiger partial charge in [0.15, 0.2) is 5.78 Å². The number of carbonyl (C=O) groups is 2.